The van der Waals surface area contributed by atoms with E-state index in [1.165, 1.54) is 35.3 Å². The highest BCUT2D eigenvalue weighted by Gasteiger charge is 2.30. The van der Waals surface area contributed by atoms with Gasteiger partial charge < -0.3 is 4.74 Å². The number of fused-ring (bicyclic) bond motifs is 1. The van der Waals surface area contributed by atoms with Gasteiger partial charge in [-0.15, -0.1) is 0 Å². The smallest absolute Gasteiger partial charge is 0.337 e. The Balaban J connectivity index is 1.74. The van der Waals surface area contributed by atoms with Crippen LogP contribution >= 0.6 is 11.6 Å². The van der Waals surface area contributed by atoms with E-state index in [0.717, 1.165) is 11.1 Å². The summed E-state index contributed by atoms with van der Waals surface area (Å²) >= 11 is 6.65. The van der Waals surface area contributed by atoms with Gasteiger partial charge in [-0.25, -0.2) is 26.4 Å². The standard InChI is InChI=1S/C37H26ClFN2O4S/c1-22-11-15-28(16-12-22)46(43,44)41-33-18-14-27(39)21-30(33)35(34-23(2)7-5-10-32(34)40-3)36(41)25-9-6-8-24(19-25)29-17-13-26(20-31(29)38)37(42)45-4/h5-21H,1-2,4H3. The van der Waals surface area contributed by atoms with Crippen molar-refractivity contribution in [2.24, 2.45) is 0 Å². The summed E-state index contributed by atoms with van der Waals surface area (Å²) in [4.78, 5) is 15.9. The molecule has 0 aliphatic carbocycles. The number of aryl methyl sites for hydroxylation is 2. The first kappa shape index (κ1) is 30.8. The van der Waals surface area contributed by atoms with Gasteiger partial charge in [0.1, 0.15) is 5.82 Å². The van der Waals surface area contributed by atoms with E-state index >= 15 is 4.39 Å². The van der Waals surface area contributed by atoms with E-state index in [1.807, 2.05) is 26.0 Å². The topological polar surface area (TPSA) is 69.7 Å². The van der Waals surface area contributed by atoms with Crippen molar-refractivity contribution in [1.29, 1.82) is 0 Å². The van der Waals surface area contributed by atoms with Crippen molar-refractivity contribution < 1.29 is 22.3 Å². The molecule has 0 aliphatic heterocycles. The predicted octanol–water partition coefficient (Wildman–Crippen LogP) is 9.63. The second-order valence-electron chi connectivity index (χ2n) is 10.8. The van der Waals surface area contributed by atoms with Gasteiger partial charge in [0, 0.05) is 27.1 Å². The molecule has 0 fully saturated rings. The van der Waals surface area contributed by atoms with Crippen LogP contribution in [0, 0.1) is 26.2 Å². The van der Waals surface area contributed by atoms with Gasteiger partial charge in [0.15, 0.2) is 5.69 Å². The molecule has 1 aromatic heterocycles. The lowest BCUT2D eigenvalue weighted by Gasteiger charge is -2.16. The van der Waals surface area contributed by atoms with Crippen molar-refractivity contribution >= 4 is 44.2 Å². The fraction of sp³-hybridized carbons (Fsp3) is 0.0811. The van der Waals surface area contributed by atoms with Crippen LogP contribution in [0.25, 0.3) is 49.3 Å². The maximum Gasteiger partial charge on any atom is 0.337 e. The Bertz CT molecular complexity index is 2340. The summed E-state index contributed by atoms with van der Waals surface area (Å²) in [5, 5.41) is 0.639. The number of carbonyl (C=O) groups is 1. The van der Waals surface area contributed by atoms with E-state index in [9.17, 15) is 13.2 Å². The van der Waals surface area contributed by atoms with E-state index < -0.39 is 21.8 Å². The fourth-order valence-electron chi connectivity index (χ4n) is 5.71. The number of rotatable bonds is 6. The van der Waals surface area contributed by atoms with Crippen molar-refractivity contribution in [3.05, 3.63) is 142 Å². The van der Waals surface area contributed by atoms with E-state index in [1.54, 1.807) is 66.7 Å². The molecule has 5 aromatic carbocycles. The highest BCUT2D eigenvalue weighted by molar-refractivity contribution is 7.90. The summed E-state index contributed by atoms with van der Waals surface area (Å²) in [5.41, 5.74) is 5.40. The van der Waals surface area contributed by atoms with Gasteiger partial charge in [-0.2, -0.15) is 0 Å². The summed E-state index contributed by atoms with van der Waals surface area (Å²) in [7, 11) is -2.97. The van der Waals surface area contributed by atoms with Crippen molar-refractivity contribution in [1.82, 2.24) is 3.97 Å². The number of hydrogen-bond acceptors (Lipinski definition) is 4. The van der Waals surface area contributed by atoms with Crippen LogP contribution in [0.5, 0.6) is 0 Å². The molecular formula is C37H26ClFN2O4S. The number of methoxy groups -OCH3 is 1. The molecule has 0 N–H and O–H groups in total. The van der Waals surface area contributed by atoms with E-state index in [2.05, 4.69) is 4.85 Å². The fourth-order valence-corrected chi connectivity index (χ4v) is 7.55. The molecule has 0 saturated heterocycles. The molecule has 0 atom stereocenters. The molecule has 6 nitrogen and oxygen atoms in total. The highest BCUT2D eigenvalue weighted by Crippen LogP contribution is 2.48. The van der Waals surface area contributed by atoms with Crippen molar-refractivity contribution in [2.75, 3.05) is 7.11 Å². The Kier molecular flexibility index (Phi) is 7.99. The zero-order valence-corrected chi connectivity index (χ0v) is 26.6. The van der Waals surface area contributed by atoms with Crippen LogP contribution in [0.4, 0.5) is 10.1 Å². The van der Waals surface area contributed by atoms with E-state index in [-0.39, 0.29) is 21.7 Å². The molecular weight excluding hydrogens is 623 g/mol. The molecule has 0 amide bonds. The van der Waals surface area contributed by atoms with Crippen LogP contribution in [0.2, 0.25) is 5.02 Å². The third-order valence-electron chi connectivity index (χ3n) is 7.90. The molecule has 0 bridgehead atoms. The third kappa shape index (κ3) is 5.24. The largest absolute Gasteiger partial charge is 0.465 e. The maximum absolute atomic E-state index is 15.0. The molecule has 228 valence electrons. The van der Waals surface area contributed by atoms with Crippen LogP contribution in [-0.4, -0.2) is 25.5 Å². The number of halogens is 2. The lowest BCUT2D eigenvalue weighted by molar-refractivity contribution is 0.0600. The summed E-state index contributed by atoms with van der Waals surface area (Å²) in [5.74, 6) is -1.08. The van der Waals surface area contributed by atoms with Gasteiger partial charge in [0.2, 0.25) is 0 Å². The Morgan fingerprint density at radius 1 is 0.870 bits per heavy atom. The van der Waals surface area contributed by atoms with Crippen LogP contribution in [0.15, 0.2) is 108 Å². The Morgan fingerprint density at radius 2 is 1.59 bits per heavy atom. The first-order chi connectivity index (χ1) is 22.0. The van der Waals surface area contributed by atoms with E-state index in [4.69, 9.17) is 22.9 Å². The molecule has 9 heteroatoms. The number of nitrogens with zero attached hydrogens (tertiary/aromatic N) is 2. The van der Waals surface area contributed by atoms with Gasteiger partial charge in [-0.3, -0.25) is 0 Å². The third-order valence-corrected chi connectivity index (χ3v) is 9.94. The minimum atomic E-state index is -4.26. The molecule has 0 spiro atoms. The van der Waals surface area contributed by atoms with Crippen LogP contribution in [0.3, 0.4) is 0 Å². The zero-order chi connectivity index (χ0) is 32.7. The number of benzene rings is 5. The molecule has 0 saturated carbocycles. The number of carbonyl (C=O) groups excluding carboxylic acids is 1. The van der Waals surface area contributed by atoms with Crippen molar-refractivity contribution in [2.45, 2.75) is 18.7 Å². The number of hydrogen-bond donors (Lipinski definition) is 0. The van der Waals surface area contributed by atoms with Gasteiger partial charge in [-0.05, 0) is 73.5 Å². The monoisotopic (exact) mass is 648 g/mol. The Labute approximate surface area is 271 Å². The van der Waals surface area contributed by atoms with Gasteiger partial charge in [0.25, 0.3) is 10.0 Å². The second kappa shape index (κ2) is 11.9. The molecule has 0 aliphatic rings. The van der Waals surface area contributed by atoms with Crippen molar-refractivity contribution in [3.8, 4) is 33.5 Å². The quantitative estimate of drug-likeness (QED) is 0.133. The van der Waals surface area contributed by atoms with Gasteiger partial charge in [0.05, 0.1) is 35.4 Å². The van der Waals surface area contributed by atoms with Crippen LogP contribution in [0.1, 0.15) is 21.5 Å². The maximum atomic E-state index is 15.0. The molecule has 6 aromatic rings. The van der Waals surface area contributed by atoms with Crippen LogP contribution in [-0.2, 0) is 14.8 Å². The summed E-state index contributed by atoms with van der Waals surface area (Å²) in [6, 6.07) is 27.7. The Morgan fingerprint density at radius 3 is 2.28 bits per heavy atom. The van der Waals surface area contributed by atoms with Gasteiger partial charge >= 0.3 is 5.97 Å². The van der Waals surface area contributed by atoms with E-state index in [0.29, 0.717) is 43.9 Å². The van der Waals surface area contributed by atoms with Gasteiger partial charge in [-0.1, -0.05) is 77.3 Å². The summed E-state index contributed by atoms with van der Waals surface area (Å²) in [6.07, 6.45) is 0. The molecule has 6 rings (SSSR count). The Hall–Kier alpha value is -5.23. The summed E-state index contributed by atoms with van der Waals surface area (Å²) < 4.78 is 50.3. The SMILES string of the molecule is [C-]#[N+]c1cccc(C)c1-c1c(-c2cccc(-c3ccc(C(=O)OC)cc3Cl)c2)n(S(=O)(=O)c2ccc(C)cc2)c2ccc(F)cc12. The lowest BCUT2D eigenvalue weighted by Crippen LogP contribution is -2.14. The zero-order valence-electron chi connectivity index (χ0n) is 25.0. The second-order valence-corrected chi connectivity index (χ2v) is 13.0. The highest BCUT2D eigenvalue weighted by atomic mass is 35.5. The molecule has 0 radical (unpaired) electrons. The average Bonchev–Trinajstić information content (AvgIpc) is 3.39. The normalized spacial score (nSPS) is 11.4. The lowest BCUT2D eigenvalue weighted by atomic mass is 9.92. The molecule has 0 unspecified atom stereocenters. The first-order valence-corrected chi connectivity index (χ1v) is 16.0. The summed E-state index contributed by atoms with van der Waals surface area (Å²) in [6.45, 7) is 11.7. The predicted molar refractivity (Wildman–Crippen MR) is 179 cm³/mol. The minimum absolute atomic E-state index is 0.0555. The number of esters is 1. The molecule has 46 heavy (non-hydrogen) atoms. The number of aromatic nitrogens is 1. The first-order valence-electron chi connectivity index (χ1n) is 14.2. The minimum Gasteiger partial charge on any atom is -0.465 e. The molecule has 1 heterocycles. The van der Waals surface area contributed by atoms with Crippen molar-refractivity contribution in [3.63, 3.8) is 0 Å². The number of ether oxygens (including phenoxy) is 1. The van der Waals surface area contributed by atoms with Crippen LogP contribution < -0.4 is 0 Å². The average molecular weight is 649 g/mol.